The zero-order chi connectivity index (χ0) is 17.1. The molecule has 0 spiro atoms. The van der Waals surface area contributed by atoms with Crippen molar-refractivity contribution < 1.29 is 5.11 Å². The lowest BCUT2D eigenvalue weighted by molar-refractivity contribution is 0.470. The van der Waals surface area contributed by atoms with E-state index in [1.54, 1.807) is 24.0 Å². The van der Waals surface area contributed by atoms with Gasteiger partial charge < -0.3 is 15.4 Å². The van der Waals surface area contributed by atoms with Gasteiger partial charge >= 0.3 is 0 Å². The van der Waals surface area contributed by atoms with E-state index in [4.69, 9.17) is 0 Å². The van der Waals surface area contributed by atoms with Gasteiger partial charge in [0.05, 0.1) is 21.1 Å². The first-order chi connectivity index (χ1) is 12.1. The van der Waals surface area contributed by atoms with Gasteiger partial charge in [-0.1, -0.05) is 0 Å². The number of hydrogen-bond acceptors (Lipinski definition) is 5. The fourth-order valence-electron chi connectivity index (χ4n) is 3.34. The van der Waals surface area contributed by atoms with Crippen LogP contribution >= 0.6 is 27.7 Å². The number of fused-ring (bicyclic) bond motifs is 1. The van der Waals surface area contributed by atoms with Crippen molar-refractivity contribution in [1.29, 1.82) is 0 Å². The molecule has 7 heteroatoms. The van der Waals surface area contributed by atoms with Gasteiger partial charge in [-0.3, -0.25) is 9.78 Å². The van der Waals surface area contributed by atoms with Crippen LogP contribution in [0.5, 0.6) is 5.75 Å². The largest absolute Gasteiger partial charge is 0.507 e. The third-order valence-electron chi connectivity index (χ3n) is 4.50. The van der Waals surface area contributed by atoms with Crippen LogP contribution in [0.2, 0.25) is 0 Å². The number of rotatable bonds is 2. The molecule has 4 aromatic rings. The summed E-state index contributed by atoms with van der Waals surface area (Å²) in [5.41, 5.74) is 3.00. The summed E-state index contributed by atoms with van der Waals surface area (Å²) in [5.74, 6) is 0.228. The van der Waals surface area contributed by atoms with E-state index in [1.165, 1.54) is 0 Å². The van der Waals surface area contributed by atoms with Crippen molar-refractivity contribution in [3.8, 4) is 5.75 Å². The van der Waals surface area contributed by atoms with Gasteiger partial charge in [0.25, 0.3) is 0 Å². The number of phenols is 1. The summed E-state index contributed by atoms with van der Waals surface area (Å²) >= 11 is 4.96. The fraction of sp³-hybridized carbons (Fsp3) is 0.111. The van der Waals surface area contributed by atoms with Gasteiger partial charge in [0, 0.05) is 34.5 Å². The summed E-state index contributed by atoms with van der Waals surface area (Å²) < 4.78 is 0.687. The number of nitrogens with one attached hydrogen (secondary N) is 2. The molecule has 1 aliphatic rings. The smallest absolute Gasteiger partial charge is 0.227 e. The second-order valence-electron chi connectivity index (χ2n) is 6.08. The molecule has 2 aromatic carbocycles. The number of pyridine rings is 1. The number of aromatic amines is 1. The van der Waals surface area contributed by atoms with E-state index in [2.05, 4.69) is 31.2 Å². The van der Waals surface area contributed by atoms with Crippen LogP contribution in [-0.4, -0.2) is 20.4 Å². The Labute approximate surface area is 154 Å². The lowest BCUT2D eigenvalue weighted by atomic mass is 10.1. The minimum atomic E-state index is -0.0808. The maximum Gasteiger partial charge on any atom is 0.227 e. The highest BCUT2D eigenvalue weighted by atomic mass is 79.9. The summed E-state index contributed by atoms with van der Waals surface area (Å²) in [7, 11) is 0. The summed E-state index contributed by atoms with van der Waals surface area (Å²) in [6, 6.07) is 7.47. The van der Waals surface area contributed by atoms with Crippen LogP contribution in [-0.2, 0) is 6.42 Å². The Bertz CT molecular complexity index is 1160. The van der Waals surface area contributed by atoms with Crippen LogP contribution in [0.3, 0.4) is 0 Å². The molecule has 1 atom stereocenters. The number of H-pyrrole nitrogens is 1. The number of benzene rings is 2. The molecule has 0 amide bonds. The molecule has 0 bridgehead atoms. The number of phenolic OH excluding ortho intramolecular Hbond substituents is 1. The van der Waals surface area contributed by atoms with Crippen molar-refractivity contribution in [2.24, 2.45) is 0 Å². The monoisotopic (exact) mass is 413 g/mol. The van der Waals surface area contributed by atoms with Crippen molar-refractivity contribution in [3.05, 3.63) is 56.9 Å². The fourth-order valence-corrected chi connectivity index (χ4v) is 4.95. The number of hydrogen-bond donors (Lipinski definition) is 3. The average Bonchev–Trinajstić information content (AvgIpc) is 3.18. The van der Waals surface area contributed by atoms with Gasteiger partial charge in [-0.2, -0.15) is 0 Å². The molecule has 25 heavy (non-hydrogen) atoms. The van der Waals surface area contributed by atoms with Crippen molar-refractivity contribution in [2.75, 3.05) is 5.32 Å². The highest BCUT2D eigenvalue weighted by Gasteiger charge is 2.25. The zero-order valence-electron chi connectivity index (χ0n) is 12.8. The van der Waals surface area contributed by atoms with Crippen molar-refractivity contribution in [1.82, 2.24) is 9.97 Å². The molecule has 0 saturated heterocycles. The molecule has 0 saturated carbocycles. The average molecular weight is 414 g/mol. The Hall–Kier alpha value is -2.25. The Morgan fingerprint density at radius 2 is 2.24 bits per heavy atom. The van der Waals surface area contributed by atoms with E-state index >= 15 is 0 Å². The zero-order valence-corrected chi connectivity index (χ0v) is 15.2. The van der Waals surface area contributed by atoms with Gasteiger partial charge in [-0.05, 0) is 45.8 Å². The standard InChI is InChI=1S/C18H12BrN3O2S/c19-10-3-9-4-15(25-14(9)6-13(10)23)22-12-5-11-16-8(1-2-20-11)7-21-17(16)18(12)24/h1-3,5-7,15,20,22-23H,4H2. The van der Waals surface area contributed by atoms with Crippen LogP contribution < -0.4 is 10.7 Å². The predicted molar refractivity (Wildman–Crippen MR) is 104 cm³/mol. The van der Waals surface area contributed by atoms with Crippen LogP contribution in [0, 0.1) is 0 Å². The number of halogens is 1. The maximum atomic E-state index is 12.8. The van der Waals surface area contributed by atoms with E-state index in [0.717, 1.165) is 33.2 Å². The summed E-state index contributed by atoms with van der Waals surface area (Å²) in [5, 5.41) is 15.1. The molecular weight excluding hydrogens is 402 g/mol. The number of nitrogens with zero attached hydrogens (tertiary/aromatic N) is 1. The Kier molecular flexibility index (Phi) is 3.23. The summed E-state index contributed by atoms with van der Waals surface area (Å²) in [4.78, 5) is 21.3. The first-order valence-corrected chi connectivity index (χ1v) is 9.44. The number of thioether (sulfide) groups is 1. The highest BCUT2D eigenvalue weighted by Crippen LogP contribution is 2.42. The second kappa shape index (κ2) is 5.37. The van der Waals surface area contributed by atoms with Gasteiger partial charge in [0.15, 0.2) is 0 Å². The summed E-state index contributed by atoms with van der Waals surface area (Å²) in [6.07, 6.45) is 4.36. The second-order valence-corrected chi connectivity index (χ2v) is 8.18. The lowest BCUT2D eigenvalue weighted by Crippen LogP contribution is -2.20. The Morgan fingerprint density at radius 3 is 3.12 bits per heavy atom. The first kappa shape index (κ1) is 15.0. The number of aromatic nitrogens is 2. The topological polar surface area (TPSA) is 78.0 Å². The normalized spacial score (nSPS) is 16.6. The molecule has 1 aliphatic heterocycles. The van der Waals surface area contributed by atoms with Gasteiger partial charge in [-0.25, -0.2) is 0 Å². The summed E-state index contributed by atoms with van der Waals surface area (Å²) in [6.45, 7) is 0. The SMILES string of the molecule is O=c1c(NC2Cc3cc(Br)c(O)cc3S2)cc2[nH]ccc3cnc1c32. The minimum Gasteiger partial charge on any atom is -0.507 e. The molecule has 5 nitrogen and oxygen atoms in total. The molecule has 3 N–H and O–H groups in total. The Morgan fingerprint density at radius 1 is 1.36 bits per heavy atom. The van der Waals surface area contributed by atoms with Gasteiger partial charge in [0.1, 0.15) is 11.3 Å². The maximum absolute atomic E-state index is 12.8. The van der Waals surface area contributed by atoms with E-state index in [9.17, 15) is 9.90 Å². The molecule has 3 heterocycles. The van der Waals surface area contributed by atoms with Crippen molar-refractivity contribution in [2.45, 2.75) is 16.7 Å². The highest BCUT2D eigenvalue weighted by molar-refractivity contribution is 9.10. The van der Waals surface area contributed by atoms with Crippen LogP contribution in [0.4, 0.5) is 5.69 Å². The molecular formula is C18H12BrN3O2S. The number of aromatic hydroxyl groups is 1. The Balaban J connectivity index is 1.53. The first-order valence-electron chi connectivity index (χ1n) is 7.77. The van der Waals surface area contributed by atoms with Crippen LogP contribution in [0.1, 0.15) is 5.56 Å². The molecule has 2 aromatic heterocycles. The quantitative estimate of drug-likeness (QED) is 0.461. The van der Waals surface area contributed by atoms with E-state index in [0.29, 0.717) is 15.7 Å². The minimum absolute atomic E-state index is 0.0367. The molecule has 0 radical (unpaired) electrons. The molecule has 1 unspecified atom stereocenters. The van der Waals surface area contributed by atoms with Crippen LogP contribution in [0.15, 0.2) is 50.8 Å². The third-order valence-corrected chi connectivity index (χ3v) is 6.34. The lowest BCUT2D eigenvalue weighted by Gasteiger charge is -2.13. The van der Waals surface area contributed by atoms with Crippen molar-refractivity contribution in [3.63, 3.8) is 0 Å². The molecule has 0 fully saturated rings. The molecule has 0 aliphatic carbocycles. The van der Waals surface area contributed by atoms with E-state index < -0.39 is 0 Å². The van der Waals surface area contributed by atoms with Crippen molar-refractivity contribution >= 4 is 55.2 Å². The van der Waals surface area contributed by atoms with Gasteiger partial charge in [0.2, 0.25) is 5.43 Å². The third kappa shape index (κ3) is 2.30. The molecule has 5 rings (SSSR count). The van der Waals surface area contributed by atoms with E-state index in [1.807, 2.05) is 24.4 Å². The van der Waals surface area contributed by atoms with Gasteiger partial charge in [-0.15, -0.1) is 11.8 Å². The number of anilines is 1. The van der Waals surface area contributed by atoms with Crippen LogP contribution in [0.25, 0.3) is 21.8 Å². The predicted octanol–water partition coefficient (Wildman–Crippen LogP) is 4.07. The molecule has 124 valence electrons. The van der Waals surface area contributed by atoms with E-state index in [-0.39, 0.29) is 16.6 Å².